The monoisotopic (exact) mass is 424 g/mol. The maximum Gasteiger partial charge on any atom is 0.247 e. The molecule has 3 heterocycles. The molecule has 1 fully saturated rings. The highest BCUT2D eigenvalue weighted by molar-refractivity contribution is 7.99. The van der Waals surface area contributed by atoms with Crippen LogP contribution in [0.25, 0.3) is 22.8 Å². The Labute approximate surface area is 176 Å². The Kier molecular flexibility index (Phi) is 4.81. The molecule has 4 aromatic rings. The van der Waals surface area contributed by atoms with Gasteiger partial charge >= 0.3 is 0 Å². The van der Waals surface area contributed by atoms with Crippen LogP contribution >= 0.6 is 23.4 Å². The molecule has 0 bridgehead atoms. The molecule has 0 saturated heterocycles. The van der Waals surface area contributed by atoms with Gasteiger partial charge in [0.25, 0.3) is 0 Å². The molecule has 0 aliphatic heterocycles. The second-order valence-electron chi connectivity index (χ2n) is 6.86. The van der Waals surface area contributed by atoms with E-state index in [4.69, 9.17) is 16.0 Å². The summed E-state index contributed by atoms with van der Waals surface area (Å²) < 4.78 is 8.11. The molecule has 1 aromatic carbocycles. The summed E-state index contributed by atoms with van der Waals surface area (Å²) in [5.74, 6) is 1.87. The van der Waals surface area contributed by atoms with E-state index < -0.39 is 0 Å². The molecule has 1 aliphatic rings. The Morgan fingerprint density at radius 2 is 1.90 bits per heavy atom. The first-order valence-corrected chi connectivity index (χ1v) is 10.6. The van der Waals surface area contributed by atoms with Gasteiger partial charge in [-0.1, -0.05) is 29.4 Å². The van der Waals surface area contributed by atoms with Crippen molar-refractivity contribution in [2.45, 2.75) is 36.2 Å². The molecule has 1 unspecified atom stereocenters. The molecule has 9 heteroatoms. The maximum absolute atomic E-state index is 6.06. The summed E-state index contributed by atoms with van der Waals surface area (Å²) in [5, 5.41) is 18.7. The molecule has 29 heavy (non-hydrogen) atoms. The topological polar surface area (TPSA) is 82.5 Å². The standard InChI is InChI=1S/C20H17ClN6OS/c1-12(18-24-25-19(28-18)14-3-2-4-15(21)11-14)29-20-26-23-17(27(20)16-5-6-16)13-7-9-22-10-8-13/h2-4,7-12,16H,5-6H2,1H3. The number of thioether (sulfide) groups is 1. The molecule has 1 atom stereocenters. The number of nitrogens with zero attached hydrogens (tertiary/aromatic N) is 6. The first-order valence-electron chi connectivity index (χ1n) is 9.30. The summed E-state index contributed by atoms with van der Waals surface area (Å²) in [6.45, 7) is 2.03. The van der Waals surface area contributed by atoms with Gasteiger partial charge in [-0.05, 0) is 50.1 Å². The van der Waals surface area contributed by atoms with Crippen LogP contribution in [-0.2, 0) is 0 Å². The second-order valence-corrected chi connectivity index (χ2v) is 8.60. The summed E-state index contributed by atoms with van der Waals surface area (Å²) >= 11 is 7.63. The van der Waals surface area contributed by atoms with Gasteiger partial charge in [-0.15, -0.1) is 20.4 Å². The fourth-order valence-electron chi connectivity index (χ4n) is 3.06. The van der Waals surface area contributed by atoms with Crippen molar-refractivity contribution in [2.75, 3.05) is 0 Å². The van der Waals surface area contributed by atoms with Gasteiger partial charge in [-0.25, -0.2) is 0 Å². The summed E-state index contributed by atoms with van der Waals surface area (Å²) in [4.78, 5) is 4.09. The smallest absolute Gasteiger partial charge is 0.247 e. The van der Waals surface area contributed by atoms with Gasteiger partial charge in [0.05, 0.1) is 5.25 Å². The Balaban J connectivity index is 1.40. The van der Waals surface area contributed by atoms with E-state index in [2.05, 4.69) is 29.9 Å². The van der Waals surface area contributed by atoms with Crippen LogP contribution < -0.4 is 0 Å². The van der Waals surface area contributed by atoms with Crippen LogP contribution in [0.2, 0.25) is 5.02 Å². The van der Waals surface area contributed by atoms with Crippen LogP contribution in [0.3, 0.4) is 0 Å². The van der Waals surface area contributed by atoms with Crippen LogP contribution in [0.1, 0.15) is 36.9 Å². The van der Waals surface area contributed by atoms with Gasteiger partial charge in [-0.3, -0.25) is 9.55 Å². The molecule has 0 N–H and O–H groups in total. The predicted octanol–water partition coefficient (Wildman–Crippen LogP) is 5.23. The minimum Gasteiger partial charge on any atom is -0.419 e. The van der Waals surface area contributed by atoms with E-state index in [0.717, 1.165) is 34.9 Å². The number of hydrogen-bond acceptors (Lipinski definition) is 7. The van der Waals surface area contributed by atoms with Crippen molar-refractivity contribution in [2.24, 2.45) is 0 Å². The van der Waals surface area contributed by atoms with Crippen LogP contribution in [-0.4, -0.2) is 29.9 Å². The van der Waals surface area contributed by atoms with Crippen molar-refractivity contribution in [3.63, 3.8) is 0 Å². The lowest BCUT2D eigenvalue weighted by atomic mass is 10.2. The molecule has 7 nitrogen and oxygen atoms in total. The first kappa shape index (κ1) is 18.3. The van der Waals surface area contributed by atoms with Gasteiger partial charge in [-0.2, -0.15) is 0 Å². The molecule has 1 aliphatic carbocycles. The minimum absolute atomic E-state index is 0.0672. The third kappa shape index (κ3) is 3.77. The summed E-state index contributed by atoms with van der Waals surface area (Å²) in [5.41, 5.74) is 1.81. The third-order valence-electron chi connectivity index (χ3n) is 4.66. The van der Waals surface area contributed by atoms with Crippen molar-refractivity contribution < 1.29 is 4.42 Å². The zero-order valence-corrected chi connectivity index (χ0v) is 17.1. The van der Waals surface area contributed by atoms with Crippen LogP contribution in [0, 0.1) is 0 Å². The average Bonchev–Trinajstić information content (AvgIpc) is 3.29. The van der Waals surface area contributed by atoms with Crippen molar-refractivity contribution >= 4 is 23.4 Å². The van der Waals surface area contributed by atoms with E-state index in [0.29, 0.717) is 22.8 Å². The molecular formula is C20H17ClN6OS. The van der Waals surface area contributed by atoms with E-state index in [1.165, 1.54) is 0 Å². The predicted molar refractivity (Wildman–Crippen MR) is 111 cm³/mol. The lowest BCUT2D eigenvalue weighted by molar-refractivity contribution is 0.508. The Morgan fingerprint density at radius 3 is 2.66 bits per heavy atom. The number of aromatic nitrogens is 6. The van der Waals surface area contributed by atoms with E-state index in [1.807, 2.05) is 37.3 Å². The van der Waals surface area contributed by atoms with Gasteiger partial charge in [0.2, 0.25) is 11.8 Å². The van der Waals surface area contributed by atoms with Gasteiger partial charge in [0, 0.05) is 34.6 Å². The molecule has 146 valence electrons. The van der Waals surface area contributed by atoms with Crippen LogP contribution in [0.5, 0.6) is 0 Å². The fraction of sp³-hybridized carbons (Fsp3) is 0.250. The zero-order valence-electron chi connectivity index (χ0n) is 15.6. The van der Waals surface area contributed by atoms with E-state index in [1.54, 1.807) is 30.2 Å². The largest absolute Gasteiger partial charge is 0.419 e. The minimum atomic E-state index is -0.0672. The SMILES string of the molecule is CC(Sc1nnc(-c2ccncc2)n1C1CC1)c1nnc(-c2cccc(Cl)c2)o1. The second kappa shape index (κ2) is 7.61. The highest BCUT2D eigenvalue weighted by Crippen LogP contribution is 2.43. The van der Waals surface area contributed by atoms with Gasteiger partial charge in [0.15, 0.2) is 11.0 Å². The van der Waals surface area contributed by atoms with Crippen molar-refractivity contribution in [3.05, 3.63) is 59.7 Å². The number of rotatable bonds is 6. The molecule has 1 saturated carbocycles. The van der Waals surface area contributed by atoms with Crippen LogP contribution in [0.4, 0.5) is 0 Å². The normalized spacial score (nSPS) is 14.8. The molecule has 0 radical (unpaired) electrons. The Morgan fingerprint density at radius 1 is 1.07 bits per heavy atom. The Hall–Kier alpha value is -2.71. The van der Waals surface area contributed by atoms with E-state index >= 15 is 0 Å². The number of hydrogen-bond donors (Lipinski definition) is 0. The third-order valence-corrected chi connectivity index (χ3v) is 5.94. The van der Waals surface area contributed by atoms with Gasteiger partial charge < -0.3 is 4.42 Å². The van der Waals surface area contributed by atoms with E-state index in [-0.39, 0.29) is 5.25 Å². The molecule has 5 rings (SSSR count). The average molecular weight is 425 g/mol. The molecule has 0 spiro atoms. The van der Waals surface area contributed by atoms with Crippen molar-refractivity contribution in [3.8, 4) is 22.8 Å². The first-order chi connectivity index (χ1) is 14.2. The summed E-state index contributed by atoms with van der Waals surface area (Å²) in [6.07, 6.45) is 5.81. The number of pyridine rings is 1. The summed E-state index contributed by atoms with van der Waals surface area (Å²) in [6, 6.07) is 11.7. The number of halogens is 1. The molecule has 3 aromatic heterocycles. The fourth-order valence-corrected chi connectivity index (χ4v) is 4.20. The lowest BCUT2D eigenvalue weighted by Gasteiger charge is -2.10. The van der Waals surface area contributed by atoms with E-state index in [9.17, 15) is 0 Å². The van der Waals surface area contributed by atoms with Crippen molar-refractivity contribution in [1.82, 2.24) is 29.9 Å². The lowest BCUT2D eigenvalue weighted by Crippen LogP contribution is -2.01. The summed E-state index contributed by atoms with van der Waals surface area (Å²) in [7, 11) is 0. The molecule has 0 amide bonds. The quantitative estimate of drug-likeness (QED) is 0.392. The van der Waals surface area contributed by atoms with Crippen LogP contribution in [0.15, 0.2) is 58.4 Å². The molecular weight excluding hydrogens is 408 g/mol. The zero-order chi connectivity index (χ0) is 19.8. The Bertz CT molecular complexity index is 1140. The highest BCUT2D eigenvalue weighted by Gasteiger charge is 2.31. The van der Waals surface area contributed by atoms with Gasteiger partial charge in [0.1, 0.15) is 0 Å². The number of benzene rings is 1. The maximum atomic E-state index is 6.06. The van der Waals surface area contributed by atoms with Crippen molar-refractivity contribution in [1.29, 1.82) is 0 Å². The highest BCUT2D eigenvalue weighted by atomic mass is 35.5.